The molecule has 28 heavy (non-hydrogen) atoms. The van der Waals surface area contributed by atoms with Crippen LogP contribution in [0.2, 0.25) is 0 Å². The van der Waals surface area contributed by atoms with Crippen molar-refractivity contribution >= 4 is 45.2 Å². The molecule has 2 N–H and O–H groups in total. The van der Waals surface area contributed by atoms with Crippen LogP contribution in [0.3, 0.4) is 0 Å². The van der Waals surface area contributed by atoms with Gasteiger partial charge in [0.25, 0.3) is 0 Å². The molecule has 0 radical (unpaired) electrons. The first-order valence-electron chi connectivity index (χ1n) is 9.27. The van der Waals surface area contributed by atoms with Crippen LogP contribution in [0, 0.1) is 0 Å². The Kier molecular flexibility index (Phi) is 7.94. The molecule has 5 nitrogen and oxygen atoms in total. The first kappa shape index (κ1) is 20.9. The van der Waals surface area contributed by atoms with E-state index in [1.54, 1.807) is 0 Å². The van der Waals surface area contributed by atoms with Crippen molar-refractivity contribution in [1.29, 1.82) is 0 Å². The van der Waals surface area contributed by atoms with Crippen molar-refractivity contribution in [2.45, 2.75) is 19.0 Å². The zero-order valence-electron chi connectivity index (χ0n) is 15.6. The summed E-state index contributed by atoms with van der Waals surface area (Å²) >= 11 is 4.71. The number of amides is 2. The van der Waals surface area contributed by atoms with Gasteiger partial charge in [0.2, 0.25) is 11.8 Å². The van der Waals surface area contributed by atoms with Crippen molar-refractivity contribution in [3.05, 3.63) is 64.6 Å². The fourth-order valence-electron chi connectivity index (χ4n) is 3.20. The molecule has 0 bridgehead atoms. The summed E-state index contributed by atoms with van der Waals surface area (Å²) in [5.74, 6) is 0.434. The molecule has 2 aromatic rings. The fraction of sp³-hybridized carbons (Fsp3) is 0.333. The van der Waals surface area contributed by atoms with Gasteiger partial charge in [-0.3, -0.25) is 14.5 Å². The Labute approximate surface area is 178 Å². The first-order valence-corrected chi connectivity index (χ1v) is 11.2. The minimum Gasteiger partial charge on any atom is -0.351 e. The molecule has 0 spiro atoms. The van der Waals surface area contributed by atoms with E-state index in [9.17, 15) is 9.59 Å². The highest BCUT2D eigenvalue weighted by Crippen LogP contribution is 2.16. The van der Waals surface area contributed by atoms with Crippen LogP contribution < -0.4 is 10.6 Å². The second kappa shape index (κ2) is 10.6. The van der Waals surface area contributed by atoms with Crippen molar-refractivity contribution in [1.82, 2.24) is 10.2 Å². The normalized spacial score (nSPS) is 16.7. The molecule has 2 aromatic carbocycles. The Morgan fingerprint density at radius 1 is 1.07 bits per heavy atom. The number of nitrogens with zero attached hydrogens (tertiary/aromatic N) is 1. The summed E-state index contributed by atoms with van der Waals surface area (Å²) < 4.78 is 0.912. The standard InChI is InChI=1S/C21H24BrN3O2S/c22-17-7-4-8-18(11-17)23-20(26)14-28-15-21(27)24-19-9-10-25(13-19)12-16-5-2-1-3-6-16/h1-8,11,19H,9-10,12-15H2,(H,23,26)(H,24,27). The monoisotopic (exact) mass is 461 g/mol. The maximum Gasteiger partial charge on any atom is 0.234 e. The van der Waals surface area contributed by atoms with Gasteiger partial charge in [0.15, 0.2) is 0 Å². The van der Waals surface area contributed by atoms with E-state index >= 15 is 0 Å². The number of likely N-dealkylation sites (tertiary alicyclic amines) is 1. The van der Waals surface area contributed by atoms with Crippen molar-refractivity contribution in [2.24, 2.45) is 0 Å². The molecule has 148 valence electrons. The number of rotatable bonds is 8. The molecular formula is C21H24BrN3O2S. The van der Waals surface area contributed by atoms with Gasteiger partial charge in [-0.05, 0) is 30.2 Å². The van der Waals surface area contributed by atoms with Gasteiger partial charge in [0, 0.05) is 35.8 Å². The molecule has 1 aliphatic heterocycles. The molecule has 0 saturated carbocycles. The van der Waals surface area contributed by atoms with Crippen molar-refractivity contribution in [2.75, 3.05) is 29.9 Å². The second-order valence-corrected chi connectivity index (χ2v) is 8.73. The van der Waals surface area contributed by atoms with E-state index in [0.717, 1.165) is 36.2 Å². The number of halogens is 1. The van der Waals surface area contributed by atoms with Gasteiger partial charge < -0.3 is 10.6 Å². The average Bonchev–Trinajstić information content (AvgIpc) is 3.09. The smallest absolute Gasteiger partial charge is 0.234 e. The lowest BCUT2D eigenvalue weighted by atomic mass is 10.2. The molecular weight excluding hydrogens is 438 g/mol. The van der Waals surface area contributed by atoms with Crippen molar-refractivity contribution < 1.29 is 9.59 Å². The van der Waals surface area contributed by atoms with Crippen LogP contribution in [0.4, 0.5) is 5.69 Å². The number of hydrogen-bond donors (Lipinski definition) is 2. The number of anilines is 1. The Morgan fingerprint density at radius 3 is 2.64 bits per heavy atom. The largest absolute Gasteiger partial charge is 0.351 e. The molecule has 1 unspecified atom stereocenters. The Bertz CT molecular complexity index is 803. The molecule has 1 atom stereocenters. The highest BCUT2D eigenvalue weighted by atomic mass is 79.9. The summed E-state index contributed by atoms with van der Waals surface area (Å²) in [5.41, 5.74) is 2.04. The quantitative estimate of drug-likeness (QED) is 0.631. The summed E-state index contributed by atoms with van der Waals surface area (Å²) in [6, 6.07) is 18.0. The lowest BCUT2D eigenvalue weighted by Crippen LogP contribution is -2.38. The van der Waals surface area contributed by atoms with E-state index in [4.69, 9.17) is 0 Å². The van der Waals surface area contributed by atoms with Gasteiger partial charge in [0.05, 0.1) is 11.5 Å². The molecule has 0 aromatic heterocycles. The predicted octanol–water partition coefficient (Wildman–Crippen LogP) is 3.51. The first-order chi connectivity index (χ1) is 13.6. The summed E-state index contributed by atoms with van der Waals surface area (Å²) in [6.07, 6.45) is 0.965. The van der Waals surface area contributed by atoms with Gasteiger partial charge in [-0.2, -0.15) is 0 Å². The Morgan fingerprint density at radius 2 is 1.86 bits per heavy atom. The number of carbonyl (C=O) groups excluding carboxylic acids is 2. The van der Waals surface area contributed by atoms with Crippen molar-refractivity contribution in [3.63, 3.8) is 0 Å². The summed E-state index contributed by atoms with van der Waals surface area (Å²) in [6.45, 7) is 2.77. The maximum absolute atomic E-state index is 12.2. The highest BCUT2D eigenvalue weighted by molar-refractivity contribution is 9.10. The molecule has 3 rings (SSSR count). The van der Waals surface area contributed by atoms with E-state index in [1.807, 2.05) is 30.3 Å². The number of hydrogen-bond acceptors (Lipinski definition) is 4. The van der Waals surface area contributed by atoms with Gasteiger partial charge >= 0.3 is 0 Å². The maximum atomic E-state index is 12.2. The van der Waals surface area contributed by atoms with Crippen LogP contribution in [0.15, 0.2) is 59.1 Å². The number of carbonyl (C=O) groups is 2. The number of nitrogens with one attached hydrogen (secondary N) is 2. The van der Waals surface area contributed by atoms with E-state index in [0.29, 0.717) is 5.75 Å². The highest BCUT2D eigenvalue weighted by Gasteiger charge is 2.23. The van der Waals surface area contributed by atoms with Gasteiger partial charge in [0.1, 0.15) is 0 Å². The summed E-state index contributed by atoms with van der Waals surface area (Å²) in [5, 5.41) is 5.92. The molecule has 1 saturated heterocycles. The third-order valence-electron chi connectivity index (χ3n) is 4.46. The minimum atomic E-state index is -0.106. The van der Waals surface area contributed by atoms with Crippen LogP contribution in [-0.4, -0.2) is 47.4 Å². The second-order valence-electron chi connectivity index (χ2n) is 6.83. The Balaban J connectivity index is 1.32. The Hall–Kier alpha value is -1.83. The lowest BCUT2D eigenvalue weighted by Gasteiger charge is -2.16. The SMILES string of the molecule is O=C(CSCC(=O)NC1CCN(Cc2ccccc2)C1)Nc1cccc(Br)c1. The summed E-state index contributed by atoms with van der Waals surface area (Å²) in [7, 11) is 0. The topological polar surface area (TPSA) is 61.4 Å². The van der Waals surface area contributed by atoms with Gasteiger partial charge in [-0.15, -0.1) is 11.8 Å². The van der Waals surface area contributed by atoms with Crippen LogP contribution in [-0.2, 0) is 16.1 Å². The van der Waals surface area contributed by atoms with Gasteiger partial charge in [-0.1, -0.05) is 52.3 Å². The van der Waals surface area contributed by atoms with Crippen molar-refractivity contribution in [3.8, 4) is 0 Å². The molecule has 0 aliphatic carbocycles. The zero-order chi connectivity index (χ0) is 19.8. The number of benzene rings is 2. The van der Waals surface area contributed by atoms with E-state index in [1.165, 1.54) is 17.3 Å². The molecule has 1 heterocycles. The van der Waals surface area contributed by atoms with Gasteiger partial charge in [-0.25, -0.2) is 0 Å². The average molecular weight is 462 g/mol. The third-order valence-corrected chi connectivity index (χ3v) is 5.89. The van der Waals surface area contributed by atoms with E-state index in [2.05, 4.69) is 55.7 Å². The molecule has 1 fully saturated rings. The number of thioether (sulfide) groups is 1. The van der Waals surface area contributed by atoms with Crippen LogP contribution in [0.5, 0.6) is 0 Å². The van der Waals surface area contributed by atoms with E-state index in [-0.39, 0.29) is 23.6 Å². The fourth-order valence-corrected chi connectivity index (χ4v) is 4.23. The van der Waals surface area contributed by atoms with Crippen LogP contribution in [0.1, 0.15) is 12.0 Å². The molecule has 7 heteroatoms. The predicted molar refractivity (Wildman–Crippen MR) is 118 cm³/mol. The summed E-state index contributed by atoms with van der Waals surface area (Å²) in [4.78, 5) is 26.5. The lowest BCUT2D eigenvalue weighted by molar-refractivity contribution is -0.119. The molecule has 2 amide bonds. The van der Waals surface area contributed by atoms with Crippen LogP contribution in [0.25, 0.3) is 0 Å². The van der Waals surface area contributed by atoms with E-state index < -0.39 is 0 Å². The zero-order valence-corrected chi connectivity index (χ0v) is 18.0. The third kappa shape index (κ3) is 6.96. The minimum absolute atomic E-state index is 0.00758. The van der Waals surface area contributed by atoms with Crippen LogP contribution >= 0.6 is 27.7 Å². The molecule has 1 aliphatic rings.